The summed E-state index contributed by atoms with van der Waals surface area (Å²) in [5.74, 6) is 0.748. The molecule has 1 N–H and O–H groups in total. The van der Waals surface area contributed by atoms with Crippen molar-refractivity contribution in [2.45, 2.75) is 32.1 Å². The monoisotopic (exact) mass is 199 g/mol. The lowest BCUT2D eigenvalue weighted by Crippen LogP contribution is -2.21. The van der Waals surface area contributed by atoms with E-state index in [-0.39, 0.29) is 12.4 Å². The van der Waals surface area contributed by atoms with Gasteiger partial charge in [0.15, 0.2) is 0 Å². The molecule has 1 saturated carbocycles. The van der Waals surface area contributed by atoms with E-state index in [1.807, 2.05) is 0 Å². The van der Waals surface area contributed by atoms with Crippen molar-refractivity contribution in [2.24, 2.45) is 11.8 Å². The van der Waals surface area contributed by atoms with Crippen LogP contribution in [-0.4, -0.2) is 24.3 Å². The maximum atomic E-state index is 10.9. The van der Waals surface area contributed by atoms with E-state index in [0.29, 0.717) is 25.0 Å². The first-order valence-electron chi connectivity index (χ1n) is 5.32. The van der Waals surface area contributed by atoms with Gasteiger partial charge in [-0.15, -0.1) is 0 Å². The van der Waals surface area contributed by atoms with Crippen LogP contribution in [0.25, 0.3) is 0 Å². The van der Waals surface area contributed by atoms with E-state index in [1.165, 1.54) is 0 Å². The summed E-state index contributed by atoms with van der Waals surface area (Å²) in [6, 6.07) is 0. The first kappa shape index (κ1) is 11.5. The molecule has 3 nitrogen and oxygen atoms in total. The molecule has 1 aliphatic rings. The third-order valence-corrected chi connectivity index (χ3v) is 2.91. The Balaban J connectivity index is 2.13. The Morgan fingerprint density at radius 3 is 2.36 bits per heavy atom. The van der Waals surface area contributed by atoms with Crippen molar-refractivity contribution >= 4 is 5.97 Å². The standard InChI is InChI=1S/C11H19O3/c1-2-11(13)14-8-10-5-3-9(7-12)4-6-10/h9-10,12H,1-8H2. The van der Waals surface area contributed by atoms with Crippen molar-refractivity contribution in [1.82, 2.24) is 0 Å². The van der Waals surface area contributed by atoms with Crippen molar-refractivity contribution < 1.29 is 14.6 Å². The highest BCUT2D eigenvalue weighted by Crippen LogP contribution is 2.28. The summed E-state index contributed by atoms with van der Waals surface area (Å²) in [5, 5.41) is 8.94. The van der Waals surface area contributed by atoms with Gasteiger partial charge in [0.05, 0.1) is 6.61 Å². The summed E-state index contributed by atoms with van der Waals surface area (Å²) in [7, 11) is 0. The van der Waals surface area contributed by atoms with Gasteiger partial charge in [-0.2, -0.15) is 0 Å². The Hall–Kier alpha value is -0.570. The van der Waals surface area contributed by atoms with Crippen LogP contribution in [0.2, 0.25) is 0 Å². The average Bonchev–Trinajstić information content (AvgIpc) is 2.26. The molecule has 0 aromatic rings. The molecule has 14 heavy (non-hydrogen) atoms. The molecule has 81 valence electrons. The Morgan fingerprint density at radius 2 is 1.86 bits per heavy atom. The highest BCUT2D eigenvalue weighted by atomic mass is 16.5. The van der Waals surface area contributed by atoms with Gasteiger partial charge in [0.1, 0.15) is 0 Å². The van der Waals surface area contributed by atoms with Gasteiger partial charge in [-0.3, -0.25) is 4.79 Å². The summed E-state index contributed by atoms with van der Waals surface area (Å²) < 4.78 is 5.04. The number of carbonyl (C=O) groups excluding carboxylic acids is 1. The van der Waals surface area contributed by atoms with Gasteiger partial charge < -0.3 is 9.84 Å². The van der Waals surface area contributed by atoms with Gasteiger partial charge >= 0.3 is 5.97 Å². The minimum Gasteiger partial charge on any atom is -0.465 e. The van der Waals surface area contributed by atoms with Crippen molar-refractivity contribution in [3.63, 3.8) is 0 Å². The Labute approximate surface area is 85.5 Å². The topological polar surface area (TPSA) is 46.5 Å². The molecule has 0 unspecified atom stereocenters. The summed E-state index contributed by atoms with van der Waals surface area (Å²) in [6.45, 7) is 4.30. The van der Waals surface area contributed by atoms with Crippen LogP contribution < -0.4 is 0 Å². The van der Waals surface area contributed by atoms with Crippen molar-refractivity contribution in [3.05, 3.63) is 6.92 Å². The van der Waals surface area contributed by atoms with E-state index in [1.54, 1.807) is 0 Å². The SMILES string of the molecule is [CH2]CC(=O)OCC1CCC(CO)CC1. The third-order valence-electron chi connectivity index (χ3n) is 2.91. The van der Waals surface area contributed by atoms with Gasteiger partial charge in [0.2, 0.25) is 0 Å². The molecule has 0 bridgehead atoms. The van der Waals surface area contributed by atoms with Crippen molar-refractivity contribution in [2.75, 3.05) is 13.2 Å². The molecular weight excluding hydrogens is 180 g/mol. The zero-order valence-electron chi connectivity index (χ0n) is 8.58. The fraction of sp³-hybridized carbons (Fsp3) is 0.818. The highest BCUT2D eigenvalue weighted by molar-refractivity contribution is 5.69. The van der Waals surface area contributed by atoms with Gasteiger partial charge in [0, 0.05) is 13.0 Å². The minimum atomic E-state index is -0.214. The number of hydrogen-bond donors (Lipinski definition) is 1. The van der Waals surface area contributed by atoms with Gasteiger partial charge in [-0.25, -0.2) is 0 Å². The van der Waals surface area contributed by atoms with Crippen LogP contribution in [0.3, 0.4) is 0 Å². The first-order chi connectivity index (χ1) is 6.76. The van der Waals surface area contributed by atoms with Crippen LogP contribution in [0.1, 0.15) is 32.1 Å². The van der Waals surface area contributed by atoms with Crippen LogP contribution in [0.5, 0.6) is 0 Å². The molecule has 0 aromatic carbocycles. The number of ether oxygens (including phenoxy) is 1. The van der Waals surface area contributed by atoms with Crippen molar-refractivity contribution in [1.29, 1.82) is 0 Å². The number of esters is 1. The summed E-state index contributed by atoms with van der Waals surface area (Å²) in [6.07, 6.45) is 4.46. The molecule has 1 radical (unpaired) electrons. The predicted octanol–water partition coefficient (Wildman–Crippen LogP) is 1.55. The Bertz CT molecular complexity index is 171. The van der Waals surface area contributed by atoms with Crippen LogP contribution in [0, 0.1) is 18.8 Å². The van der Waals surface area contributed by atoms with Crippen molar-refractivity contribution in [3.8, 4) is 0 Å². The van der Waals surface area contributed by atoms with E-state index in [4.69, 9.17) is 9.84 Å². The quantitative estimate of drug-likeness (QED) is 0.699. The number of aliphatic hydroxyl groups is 1. The molecular formula is C11H19O3. The Morgan fingerprint density at radius 1 is 1.29 bits per heavy atom. The van der Waals surface area contributed by atoms with Crippen LogP contribution >= 0.6 is 0 Å². The zero-order chi connectivity index (χ0) is 10.4. The van der Waals surface area contributed by atoms with E-state index < -0.39 is 0 Å². The second-order valence-corrected chi connectivity index (χ2v) is 4.00. The first-order valence-corrected chi connectivity index (χ1v) is 5.32. The molecule has 3 heteroatoms. The second kappa shape index (κ2) is 6.02. The lowest BCUT2D eigenvalue weighted by molar-refractivity contribution is -0.144. The summed E-state index contributed by atoms with van der Waals surface area (Å²) in [5.41, 5.74) is 0. The number of aliphatic hydroxyl groups excluding tert-OH is 1. The Kier molecular flexibility index (Phi) is 4.94. The van der Waals surface area contributed by atoms with E-state index >= 15 is 0 Å². The largest absolute Gasteiger partial charge is 0.465 e. The van der Waals surface area contributed by atoms with Crippen LogP contribution in [0.15, 0.2) is 0 Å². The predicted molar refractivity (Wildman–Crippen MR) is 53.5 cm³/mol. The molecule has 0 heterocycles. The van der Waals surface area contributed by atoms with E-state index in [9.17, 15) is 4.79 Å². The van der Waals surface area contributed by atoms with E-state index in [2.05, 4.69) is 6.92 Å². The molecule has 0 saturated heterocycles. The average molecular weight is 199 g/mol. The fourth-order valence-corrected chi connectivity index (χ4v) is 1.86. The maximum Gasteiger partial charge on any atom is 0.305 e. The second-order valence-electron chi connectivity index (χ2n) is 4.00. The van der Waals surface area contributed by atoms with Crippen LogP contribution in [0.4, 0.5) is 0 Å². The lowest BCUT2D eigenvalue weighted by Gasteiger charge is -2.26. The lowest BCUT2D eigenvalue weighted by atomic mass is 9.83. The molecule has 0 aliphatic heterocycles. The number of carbonyl (C=O) groups is 1. The fourth-order valence-electron chi connectivity index (χ4n) is 1.86. The smallest absolute Gasteiger partial charge is 0.305 e. The maximum absolute atomic E-state index is 10.9. The molecule has 1 aliphatic carbocycles. The molecule has 0 spiro atoms. The highest BCUT2D eigenvalue weighted by Gasteiger charge is 2.21. The molecule has 0 aromatic heterocycles. The number of rotatable bonds is 4. The van der Waals surface area contributed by atoms with Gasteiger partial charge in [-0.05, 0) is 44.4 Å². The third kappa shape index (κ3) is 3.66. The van der Waals surface area contributed by atoms with Gasteiger partial charge in [-0.1, -0.05) is 0 Å². The molecule has 1 rings (SSSR count). The summed E-state index contributed by atoms with van der Waals surface area (Å²) in [4.78, 5) is 10.9. The normalized spacial score (nSPS) is 27.3. The molecule has 0 amide bonds. The summed E-state index contributed by atoms with van der Waals surface area (Å²) >= 11 is 0. The van der Waals surface area contributed by atoms with E-state index in [0.717, 1.165) is 25.7 Å². The molecule has 1 fully saturated rings. The van der Waals surface area contributed by atoms with Gasteiger partial charge in [0.25, 0.3) is 0 Å². The van der Waals surface area contributed by atoms with Crippen LogP contribution in [-0.2, 0) is 9.53 Å². The number of hydrogen-bond acceptors (Lipinski definition) is 3. The minimum absolute atomic E-state index is 0.214. The molecule has 0 atom stereocenters. The zero-order valence-corrected chi connectivity index (χ0v) is 8.58.